The van der Waals surface area contributed by atoms with Crippen molar-refractivity contribution in [2.24, 2.45) is 0 Å². The van der Waals surface area contributed by atoms with E-state index >= 15 is 0 Å². The van der Waals surface area contributed by atoms with Gasteiger partial charge in [-0.3, -0.25) is 0 Å². The Morgan fingerprint density at radius 1 is 1.22 bits per heavy atom. The molecular formula is C16H22N2. The predicted octanol–water partition coefficient (Wildman–Crippen LogP) is 3.08. The first kappa shape index (κ1) is 11.8. The lowest BCUT2D eigenvalue weighted by molar-refractivity contribution is 0.348. The molecule has 0 saturated carbocycles. The maximum atomic E-state index is 5.92. The summed E-state index contributed by atoms with van der Waals surface area (Å²) in [6.45, 7) is 6.06. The Morgan fingerprint density at radius 2 is 2.00 bits per heavy atom. The summed E-state index contributed by atoms with van der Waals surface area (Å²) in [5, 5.41) is 0. The standard InChI is InChI=1S/C16H22N2/c1-12-10-13-4-5-14(17)11-16(13)15(12)6-9-18-7-2-3-8-18/h4-5,11H,2-3,6-10,17H2,1H3. The van der Waals surface area contributed by atoms with Crippen molar-refractivity contribution in [2.45, 2.75) is 32.6 Å². The summed E-state index contributed by atoms with van der Waals surface area (Å²) in [5.41, 5.74) is 12.8. The van der Waals surface area contributed by atoms with Crippen LogP contribution in [0.4, 0.5) is 5.69 Å². The Morgan fingerprint density at radius 3 is 2.78 bits per heavy atom. The number of rotatable bonds is 3. The number of benzene rings is 1. The second-order valence-electron chi connectivity index (χ2n) is 5.65. The van der Waals surface area contributed by atoms with Crippen molar-refractivity contribution in [1.29, 1.82) is 0 Å². The molecule has 2 N–H and O–H groups in total. The highest BCUT2D eigenvalue weighted by molar-refractivity contribution is 5.78. The van der Waals surface area contributed by atoms with Crippen molar-refractivity contribution < 1.29 is 0 Å². The number of nitrogens with zero attached hydrogens (tertiary/aromatic N) is 1. The molecule has 1 aliphatic carbocycles. The smallest absolute Gasteiger partial charge is 0.0320 e. The highest BCUT2D eigenvalue weighted by Crippen LogP contribution is 2.36. The van der Waals surface area contributed by atoms with Crippen LogP contribution in [0.1, 0.15) is 37.3 Å². The molecule has 0 aromatic heterocycles. The fraction of sp³-hybridized carbons (Fsp3) is 0.500. The summed E-state index contributed by atoms with van der Waals surface area (Å²) in [5.74, 6) is 0. The number of allylic oxidation sites excluding steroid dienone is 1. The molecule has 2 nitrogen and oxygen atoms in total. The lowest BCUT2D eigenvalue weighted by atomic mass is 10.0. The van der Waals surface area contributed by atoms with E-state index in [0.717, 1.165) is 12.1 Å². The maximum absolute atomic E-state index is 5.92. The molecule has 0 amide bonds. The quantitative estimate of drug-likeness (QED) is 0.825. The van der Waals surface area contributed by atoms with Gasteiger partial charge in [0.15, 0.2) is 0 Å². The normalized spacial score (nSPS) is 19.6. The average Bonchev–Trinajstić information content (AvgIpc) is 2.94. The molecule has 1 aliphatic heterocycles. The molecule has 1 aromatic carbocycles. The average molecular weight is 242 g/mol. The minimum absolute atomic E-state index is 0.891. The number of nitrogens with two attached hydrogens (primary N) is 1. The zero-order valence-electron chi connectivity index (χ0n) is 11.2. The lowest BCUT2D eigenvalue weighted by Gasteiger charge is -2.16. The van der Waals surface area contributed by atoms with Gasteiger partial charge in [-0.25, -0.2) is 0 Å². The highest BCUT2D eigenvalue weighted by atomic mass is 15.1. The second kappa shape index (κ2) is 4.77. The minimum atomic E-state index is 0.891. The molecule has 1 heterocycles. The van der Waals surface area contributed by atoms with Crippen molar-refractivity contribution in [3.63, 3.8) is 0 Å². The zero-order valence-corrected chi connectivity index (χ0v) is 11.2. The summed E-state index contributed by atoms with van der Waals surface area (Å²) in [6, 6.07) is 6.37. The zero-order chi connectivity index (χ0) is 12.5. The number of fused-ring (bicyclic) bond motifs is 1. The molecule has 1 aromatic rings. The van der Waals surface area contributed by atoms with Crippen LogP contribution >= 0.6 is 0 Å². The van der Waals surface area contributed by atoms with Gasteiger partial charge in [0.1, 0.15) is 0 Å². The highest BCUT2D eigenvalue weighted by Gasteiger charge is 2.20. The molecule has 0 unspecified atom stereocenters. The predicted molar refractivity (Wildman–Crippen MR) is 77.4 cm³/mol. The van der Waals surface area contributed by atoms with Gasteiger partial charge in [-0.05, 0) is 74.5 Å². The van der Waals surface area contributed by atoms with Crippen LogP contribution in [-0.2, 0) is 6.42 Å². The Kier molecular flexibility index (Phi) is 3.13. The van der Waals surface area contributed by atoms with E-state index in [1.54, 1.807) is 5.57 Å². The Labute approximate surface area is 109 Å². The van der Waals surface area contributed by atoms with Gasteiger partial charge >= 0.3 is 0 Å². The van der Waals surface area contributed by atoms with Crippen molar-refractivity contribution in [1.82, 2.24) is 4.90 Å². The number of anilines is 1. The number of hydrogen-bond donors (Lipinski definition) is 1. The fourth-order valence-electron chi connectivity index (χ4n) is 3.28. The van der Waals surface area contributed by atoms with Gasteiger partial charge in [0, 0.05) is 12.2 Å². The van der Waals surface area contributed by atoms with E-state index in [1.807, 2.05) is 6.07 Å². The van der Waals surface area contributed by atoms with Crippen molar-refractivity contribution >= 4 is 11.3 Å². The summed E-state index contributed by atoms with van der Waals surface area (Å²) in [7, 11) is 0. The van der Waals surface area contributed by atoms with Crippen LogP contribution in [0.3, 0.4) is 0 Å². The lowest BCUT2D eigenvalue weighted by Crippen LogP contribution is -2.20. The van der Waals surface area contributed by atoms with Gasteiger partial charge in [0.05, 0.1) is 0 Å². The number of likely N-dealkylation sites (tertiary alicyclic amines) is 1. The Balaban J connectivity index is 1.75. The minimum Gasteiger partial charge on any atom is -0.399 e. The summed E-state index contributed by atoms with van der Waals surface area (Å²) >= 11 is 0. The van der Waals surface area contributed by atoms with Gasteiger partial charge in [0.25, 0.3) is 0 Å². The van der Waals surface area contributed by atoms with Crippen LogP contribution in [0.5, 0.6) is 0 Å². The van der Waals surface area contributed by atoms with Crippen LogP contribution < -0.4 is 5.73 Å². The van der Waals surface area contributed by atoms with E-state index < -0.39 is 0 Å². The number of hydrogen-bond acceptors (Lipinski definition) is 2. The molecule has 96 valence electrons. The van der Waals surface area contributed by atoms with Crippen LogP contribution in [0.25, 0.3) is 5.57 Å². The molecule has 0 radical (unpaired) electrons. The van der Waals surface area contributed by atoms with E-state index in [9.17, 15) is 0 Å². The first-order valence-corrected chi connectivity index (χ1v) is 7.04. The number of nitrogen functional groups attached to an aromatic ring is 1. The molecular weight excluding hydrogens is 220 g/mol. The molecule has 0 bridgehead atoms. The molecule has 2 heteroatoms. The first-order valence-electron chi connectivity index (χ1n) is 7.04. The van der Waals surface area contributed by atoms with Crippen LogP contribution in [0.2, 0.25) is 0 Å². The van der Waals surface area contributed by atoms with Crippen molar-refractivity contribution in [3.8, 4) is 0 Å². The topological polar surface area (TPSA) is 29.3 Å². The molecule has 18 heavy (non-hydrogen) atoms. The summed E-state index contributed by atoms with van der Waals surface area (Å²) < 4.78 is 0. The van der Waals surface area contributed by atoms with Gasteiger partial charge in [-0.2, -0.15) is 0 Å². The van der Waals surface area contributed by atoms with Crippen molar-refractivity contribution in [3.05, 3.63) is 34.9 Å². The maximum Gasteiger partial charge on any atom is 0.0320 e. The molecule has 2 aliphatic rings. The van der Waals surface area contributed by atoms with Crippen LogP contribution in [-0.4, -0.2) is 24.5 Å². The second-order valence-corrected chi connectivity index (χ2v) is 5.65. The molecule has 0 atom stereocenters. The fourth-order valence-corrected chi connectivity index (χ4v) is 3.28. The summed E-state index contributed by atoms with van der Waals surface area (Å²) in [6.07, 6.45) is 5.05. The Bertz CT molecular complexity index is 482. The van der Waals surface area contributed by atoms with Gasteiger partial charge < -0.3 is 10.6 Å². The van der Waals surface area contributed by atoms with E-state index in [-0.39, 0.29) is 0 Å². The van der Waals surface area contributed by atoms with Crippen LogP contribution in [0, 0.1) is 0 Å². The molecule has 0 spiro atoms. The van der Waals surface area contributed by atoms with Crippen molar-refractivity contribution in [2.75, 3.05) is 25.4 Å². The van der Waals surface area contributed by atoms with E-state index in [1.165, 1.54) is 55.6 Å². The van der Waals surface area contributed by atoms with E-state index in [4.69, 9.17) is 5.73 Å². The molecule has 1 fully saturated rings. The first-order chi connectivity index (χ1) is 8.74. The van der Waals surface area contributed by atoms with Crippen LogP contribution in [0.15, 0.2) is 23.8 Å². The van der Waals surface area contributed by atoms with E-state index in [2.05, 4.69) is 24.0 Å². The third-order valence-electron chi connectivity index (χ3n) is 4.31. The van der Waals surface area contributed by atoms with Gasteiger partial charge in [-0.15, -0.1) is 0 Å². The largest absolute Gasteiger partial charge is 0.399 e. The van der Waals surface area contributed by atoms with E-state index in [0.29, 0.717) is 0 Å². The molecule has 3 rings (SSSR count). The Hall–Kier alpha value is -1.28. The third kappa shape index (κ3) is 2.17. The molecule has 1 saturated heterocycles. The monoisotopic (exact) mass is 242 g/mol. The van der Waals surface area contributed by atoms with Gasteiger partial charge in [-0.1, -0.05) is 11.6 Å². The third-order valence-corrected chi connectivity index (χ3v) is 4.31. The summed E-state index contributed by atoms with van der Waals surface area (Å²) in [4.78, 5) is 2.59. The van der Waals surface area contributed by atoms with Gasteiger partial charge in [0.2, 0.25) is 0 Å². The SMILES string of the molecule is CC1=C(CCN2CCCC2)c2cc(N)ccc2C1.